The molecular formula is C34H34N6O5S. The topological polar surface area (TPSA) is 129 Å². The van der Waals surface area contributed by atoms with Gasteiger partial charge in [-0.15, -0.1) is 0 Å². The second-order valence-electron chi connectivity index (χ2n) is 11.5. The smallest absolute Gasteiger partial charge is 0.288 e. The molecule has 0 radical (unpaired) electrons. The van der Waals surface area contributed by atoms with E-state index in [-0.39, 0.29) is 22.4 Å². The van der Waals surface area contributed by atoms with E-state index in [1.54, 1.807) is 49.6 Å². The van der Waals surface area contributed by atoms with Crippen molar-refractivity contribution in [2.75, 3.05) is 42.5 Å². The molecular weight excluding hydrogens is 604 g/mol. The van der Waals surface area contributed by atoms with Crippen molar-refractivity contribution in [3.8, 4) is 17.6 Å². The third-order valence-electron chi connectivity index (χ3n) is 8.34. The van der Waals surface area contributed by atoms with Crippen LogP contribution in [0.4, 0.5) is 11.4 Å². The molecule has 0 aliphatic carbocycles. The van der Waals surface area contributed by atoms with Gasteiger partial charge >= 0.3 is 0 Å². The Balaban J connectivity index is 1.61. The molecule has 11 nitrogen and oxygen atoms in total. The lowest BCUT2D eigenvalue weighted by Crippen LogP contribution is -2.60. The van der Waals surface area contributed by atoms with Crippen molar-refractivity contribution in [3.63, 3.8) is 0 Å². The summed E-state index contributed by atoms with van der Waals surface area (Å²) in [4.78, 5) is 27.8. The summed E-state index contributed by atoms with van der Waals surface area (Å²) in [5, 5.41) is 9.73. The minimum Gasteiger partial charge on any atom is -0.497 e. The number of methoxy groups -OCH3 is 1. The van der Waals surface area contributed by atoms with Crippen LogP contribution in [0.15, 0.2) is 84.3 Å². The highest BCUT2D eigenvalue weighted by molar-refractivity contribution is 7.93. The Morgan fingerprint density at radius 2 is 1.70 bits per heavy atom. The average Bonchev–Trinajstić information content (AvgIpc) is 3.33. The lowest BCUT2D eigenvalue weighted by molar-refractivity contribution is -0.127. The van der Waals surface area contributed by atoms with Gasteiger partial charge in [-0.05, 0) is 80.9 Å². The number of hydrogen-bond donors (Lipinski definition) is 0. The summed E-state index contributed by atoms with van der Waals surface area (Å²) in [5.41, 5.74) is 1.31. The Morgan fingerprint density at radius 3 is 2.33 bits per heavy atom. The van der Waals surface area contributed by atoms with Crippen LogP contribution in [0.1, 0.15) is 36.1 Å². The molecule has 6 rings (SSSR count). The molecule has 2 aliphatic heterocycles. The van der Waals surface area contributed by atoms with Gasteiger partial charge in [0.25, 0.3) is 15.9 Å². The van der Waals surface area contributed by atoms with Crippen LogP contribution in [0.5, 0.6) is 11.5 Å². The number of piperazine rings is 1. The number of nitrogens with zero attached hydrogens (tertiary/aromatic N) is 6. The van der Waals surface area contributed by atoms with Crippen molar-refractivity contribution in [2.24, 2.45) is 0 Å². The van der Waals surface area contributed by atoms with Gasteiger partial charge in [-0.3, -0.25) is 14.7 Å². The first-order chi connectivity index (χ1) is 22.1. The largest absolute Gasteiger partial charge is 0.497 e. The summed E-state index contributed by atoms with van der Waals surface area (Å²) in [5.74, 6) is 0.161. The highest BCUT2D eigenvalue weighted by Crippen LogP contribution is 2.53. The fraction of sp³-hybridized carbons (Fsp3) is 0.294. The maximum Gasteiger partial charge on any atom is 0.288 e. The highest BCUT2D eigenvalue weighted by Gasteiger charge is 2.61. The second kappa shape index (κ2) is 12.1. The van der Waals surface area contributed by atoms with E-state index in [1.165, 1.54) is 31.5 Å². The third-order valence-corrected chi connectivity index (χ3v) is 9.95. The normalized spacial score (nSPS) is 18.4. The number of sulfonamides is 1. The van der Waals surface area contributed by atoms with E-state index in [9.17, 15) is 13.7 Å². The molecule has 12 heteroatoms. The number of pyridine rings is 2. The summed E-state index contributed by atoms with van der Waals surface area (Å²) in [6.07, 6.45) is 4.66. The molecule has 2 aromatic carbocycles. The van der Waals surface area contributed by atoms with Crippen molar-refractivity contribution in [1.29, 1.82) is 5.26 Å². The van der Waals surface area contributed by atoms with Crippen LogP contribution in [0.3, 0.4) is 0 Å². The van der Waals surface area contributed by atoms with Gasteiger partial charge in [-0.25, -0.2) is 4.98 Å². The van der Waals surface area contributed by atoms with Crippen LogP contribution in [-0.4, -0.2) is 68.6 Å². The van der Waals surface area contributed by atoms with Gasteiger partial charge in [0.15, 0.2) is 10.6 Å². The molecule has 1 fully saturated rings. The number of benzene rings is 2. The number of carbonyl (C=O) groups is 1. The van der Waals surface area contributed by atoms with Crippen molar-refractivity contribution < 1.29 is 22.7 Å². The number of anilines is 2. The third kappa shape index (κ3) is 5.11. The van der Waals surface area contributed by atoms with Crippen LogP contribution in [0, 0.1) is 18.3 Å². The molecule has 0 bridgehead atoms. The number of fused-ring (bicyclic) bond motifs is 1. The quantitative estimate of drug-likeness (QED) is 0.276. The zero-order valence-electron chi connectivity index (χ0n) is 26.0. The van der Waals surface area contributed by atoms with Gasteiger partial charge < -0.3 is 14.4 Å². The number of carbonyl (C=O) groups excluding carboxylic acids is 1. The van der Waals surface area contributed by atoms with Gasteiger partial charge in [0.1, 0.15) is 11.5 Å². The van der Waals surface area contributed by atoms with Crippen molar-refractivity contribution in [3.05, 3.63) is 102 Å². The van der Waals surface area contributed by atoms with Crippen molar-refractivity contribution in [1.82, 2.24) is 14.9 Å². The molecule has 4 aromatic rings. The minimum absolute atomic E-state index is 0.154. The zero-order valence-corrected chi connectivity index (χ0v) is 26.9. The first kappa shape index (κ1) is 31.0. The monoisotopic (exact) mass is 638 g/mol. The summed E-state index contributed by atoms with van der Waals surface area (Å²) >= 11 is 0. The molecule has 1 atom stereocenters. The summed E-state index contributed by atoms with van der Waals surface area (Å²) in [6, 6.07) is 18.9. The molecule has 4 heterocycles. The van der Waals surface area contributed by atoms with E-state index in [2.05, 4.69) is 20.9 Å². The molecule has 236 valence electrons. The predicted molar refractivity (Wildman–Crippen MR) is 172 cm³/mol. The standard InChI is InChI=1S/C34H34N6O5S/c1-23(2)45-31-9-7-27(44-4)20-29(31)34(39-17-15-38(16-18-39)26-11-13-36-14-12-26)28-19-25(21-35)6-8-30(28)40(33(34)41)46(42,43)32-10-5-24(3)22-37-32/h5-14,19-20,22-23H,15-18H2,1-4H3. The Labute approximate surface area is 268 Å². The Kier molecular flexibility index (Phi) is 8.14. The zero-order chi connectivity index (χ0) is 32.6. The lowest BCUT2D eigenvalue weighted by atomic mass is 9.80. The van der Waals surface area contributed by atoms with E-state index >= 15 is 4.79 Å². The summed E-state index contributed by atoms with van der Waals surface area (Å²) < 4.78 is 41.6. The number of ether oxygens (including phenoxy) is 2. The van der Waals surface area contributed by atoms with E-state index < -0.39 is 21.5 Å². The highest BCUT2D eigenvalue weighted by atomic mass is 32.2. The molecule has 1 amide bonds. The second-order valence-corrected chi connectivity index (χ2v) is 13.2. The number of aromatic nitrogens is 2. The fourth-order valence-electron chi connectivity index (χ4n) is 6.25. The van der Waals surface area contributed by atoms with Crippen molar-refractivity contribution in [2.45, 2.75) is 37.4 Å². The van der Waals surface area contributed by atoms with E-state index in [4.69, 9.17) is 9.47 Å². The van der Waals surface area contributed by atoms with Gasteiger partial charge in [0.05, 0.1) is 30.5 Å². The number of rotatable bonds is 8. The van der Waals surface area contributed by atoms with Gasteiger partial charge in [-0.1, -0.05) is 6.07 Å². The molecule has 0 saturated carbocycles. The van der Waals surface area contributed by atoms with Crippen LogP contribution in [0.2, 0.25) is 0 Å². The summed E-state index contributed by atoms with van der Waals surface area (Å²) in [6.45, 7) is 7.43. The number of aryl methyl sites for hydroxylation is 1. The fourth-order valence-corrected chi connectivity index (χ4v) is 7.63. The van der Waals surface area contributed by atoms with Gasteiger partial charge in [0.2, 0.25) is 0 Å². The van der Waals surface area contributed by atoms with Crippen LogP contribution >= 0.6 is 0 Å². The van der Waals surface area contributed by atoms with Crippen LogP contribution < -0.4 is 18.7 Å². The average molecular weight is 639 g/mol. The molecule has 2 aromatic heterocycles. The number of hydrogen-bond acceptors (Lipinski definition) is 10. The lowest BCUT2D eigenvalue weighted by Gasteiger charge is -2.46. The maximum absolute atomic E-state index is 15.3. The number of amides is 1. The molecule has 0 spiro atoms. The van der Waals surface area contributed by atoms with Gasteiger partial charge in [0, 0.05) is 61.6 Å². The SMILES string of the molecule is COc1ccc(OC(C)C)c(C2(N3CCN(c4ccncc4)CC3)C(=O)N(S(=O)(=O)c3ccc(C)cn3)c3ccc(C#N)cc32)c1. The maximum atomic E-state index is 15.3. The van der Waals surface area contributed by atoms with E-state index in [0.717, 1.165) is 15.6 Å². The summed E-state index contributed by atoms with van der Waals surface area (Å²) in [7, 11) is -2.96. The van der Waals surface area contributed by atoms with E-state index in [1.807, 2.05) is 30.9 Å². The number of nitriles is 1. The molecule has 46 heavy (non-hydrogen) atoms. The van der Waals surface area contributed by atoms with E-state index in [0.29, 0.717) is 48.8 Å². The van der Waals surface area contributed by atoms with Crippen molar-refractivity contribution >= 4 is 27.3 Å². The molecule has 0 N–H and O–H groups in total. The Bertz CT molecular complexity index is 1920. The molecule has 2 aliphatic rings. The van der Waals surface area contributed by atoms with Crippen LogP contribution in [0.25, 0.3) is 0 Å². The Hall–Kier alpha value is -4.99. The Morgan fingerprint density at radius 1 is 0.957 bits per heavy atom. The first-order valence-electron chi connectivity index (χ1n) is 14.9. The molecule has 1 unspecified atom stereocenters. The van der Waals surface area contributed by atoms with Gasteiger partial charge in [-0.2, -0.15) is 18.0 Å². The van der Waals surface area contributed by atoms with Crippen LogP contribution in [-0.2, 0) is 20.4 Å². The molecule has 1 saturated heterocycles. The first-order valence-corrected chi connectivity index (χ1v) is 16.4. The predicted octanol–water partition coefficient (Wildman–Crippen LogP) is 4.25. The minimum atomic E-state index is -4.49.